The van der Waals surface area contributed by atoms with Crippen molar-refractivity contribution in [2.75, 3.05) is 11.9 Å². The van der Waals surface area contributed by atoms with Crippen LogP contribution in [0.25, 0.3) is 0 Å². The molecule has 0 bridgehead atoms. The Bertz CT molecular complexity index is 718. The maximum atomic E-state index is 14.0. The fourth-order valence-corrected chi connectivity index (χ4v) is 2.08. The summed E-state index contributed by atoms with van der Waals surface area (Å²) >= 11 is 5.82. The van der Waals surface area contributed by atoms with Crippen molar-refractivity contribution in [3.8, 4) is 0 Å². The van der Waals surface area contributed by atoms with Crippen LogP contribution in [-0.2, 0) is 6.18 Å². The van der Waals surface area contributed by atoms with E-state index in [9.17, 15) is 22.4 Å². The molecule has 0 saturated carbocycles. The zero-order chi connectivity index (χ0) is 16.5. The van der Waals surface area contributed by atoms with E-state index in [4.69, 9.17) is 11.6 Å². The molecule has 0 atom stereocenters. The summed E-state index contributed by atoms with van der Waals surface area (Å²) in [4.78, 5) is 16.9. The van der Waals surface area contributed by atoms with Crippen LogP contribution in [0, 0.1) is 5.82 Å². The van der Waals surface area contributed by atoms with Gasteiger partial charge in [0, 0.05) is 13.2 Å². The summed E-state index contributed by atoms with van der Waals surface area (Å²) < 4.78 is 52.0. The average molecular weight is 333 g/mol. The van der Waals surface area contributed by atoms with Crippen molar-refractivity contribution in [1.82, 2.24) is 4.98 Å². The van der Waals surface area contributed by atoms with E-state index in [0.29, 0.717) is 6.07 Å². The van der Waals surface area contributed by atoms with Gasteiger partial charge in [-0.15, -0.1) is 0 Å². The highest BCUT2D eigenvalue weighted by molar-refractivity contribution is 6.32. The van der Waals surface area contributed by atoms with E-state index in [2.05, 4.69) is 4.98 Å². The first-order valence-electron chi connectivity index (χ1n) is 5.97. The summed E-state index contributed by atoms with van der Waals surface area (Å²) in [5.41, 5.74) is -2.03. The fraction of sp³-hybridized carbons (Fsp3) is 0.143. The molecule has 8 heteroatoms. The number of hydrogen-bond donors (Lipinski definition) is 0. The number of pyridine rings is 1. The van der Waals surface area contributed by atoms with E-state index >= 15 is 0 Å². The van der Waals surface area contributed by atoms with Crippen LogP contribution in [0.3, 0.4) is 0 Å². The average Bonchev–Trinajstić information content (AvgIpc) is 2.45. The van der Waals surface area contributed by atoms with Gasteiger partial charge < -0.3 is 4.90 Å². The van der Waals surface area contributed by atoms with Crippen molar-refractivity contribution >= 4 is 23.2 Å². The molecule has 1 aromatic carbocycles. The monoisotopic (exact) mass is 332 g/mol. The van der Waals surface area contributed by atoms with E-state index in [1.165, 1.54) is 25.4 Å². The Kier molecular flexibility index (Phi) is 4.37. The molecule has 0 aliphatic rings. The van der Waals surface area contributed by atoms with Gasteiger partial charge in [0.2, 0.25) is 0 Å². The third kappa shape index (κ3) is 3.04. The molecule has 116 valence electrons. The number of amides is 1. The molecule has 1 aromatic heterocycles. The third-order valence-electron chi connectivity index (χ3n) is 2.94. The standard InChI is InChI=1S/C14H9ClF4N2O/c1-21(10-6-3-7-20-12(10)15)13(22)8-4-2-5-9(11(8)16)14(17,18)19/h2-7H,1H3. The molecule has 1 amide bonds. The lowest BCUT2D eigenvalue weighted by atomic mass is 10.1. The van der Waals surface area contributed by atoms with Gasteiger partial charge >= 0.3 is 6.18 Å². The number of carbonyl (C=O) groups is 1. The van der Waals surface area contributed by atoms with Gasteiger partial charge in [0.1, 0.15) is 5.82 Å². The highest BCUT2D eigenvalue weighted by Gasteiger charge is 2.36. The van der Waals surface area contributed by atoms with Crippen LogP contribution in [-0.4, -0.2) is 17.9 Å². The van der Waals surface area contributed by atoms with Crippen LogP contribution in [0.15, 0.2) is 36.5 Å². The normalized spacial score (nSPS) is 11.4. The number of benzene rings is 1. The molecule has 0 spiro atoms. The number of rotatable bonds is 2. The number of halogens is 5. The topological polar surface area (TPSA) is 33.2 Å². The van der Waals surface area contributed by atoms with E-state index in [0.717, 1.165) is 17.0 Å². The van der Waals surface area contributed by atoms with Crippen molar-refractivity contribution < 1.29 is 22.4 Å². The van der Waals surface area contributed by atoms with Gasteiger partial charge in [-0.05, 0) is 24.3 Å². The summed E-state index contributed by atoms with van der Waals surface area (Å²) in [6.45, 7) is 0. The Morgan fingerprint density at radius 3 is 2.50 bits per heavy atom. The fourth-order valence-electron chi connectivity index (χ4n) is 1.83. The van der Waals surface area contributed by atoms with Gasteiger partial charge in [-0.25, -0.2) is 9.37 Å². The molecule has 0 aliphatic carbocycles. The molecule has 2 aromatic rings. The third-order valence-corrected chi connectivity index (χ3v) is 3.23. The Morgan fingerprint density at radius 2 is 1.91 bits per heavy atom. The van der Waals surface area contributed by atoms with Crippen molar-refractivity contribution in [1.29, 1.82) is 0 Å². The quantitative estimate of drug-likeness (QED) is 0.611. The minimum Gasteiger partial charge on any atom is -0.308 e. The lowest BCUT2D eigenvalue weighted by molar-refractivity contribution is -0.140. The molecular weight excluding hydrogens is 324 g/mol. The number of alkyl halides is 3. The molecule has 0 fully saturated rings. The lowest BCUT2D eigenvalue weighted by Crippen LogP contribution is -2.28. The van der Waals surface area contributed by atoms with Crippen molar-refractivity contribution in [3.05, 3.63) is 58.6 Å². The molecule has 0 saturated heterocycles. The maximum absolute atomic E-state index is 14.0. The predicted octanol–water partition coefficient (Wildman–Crippen LogP) is 4.17. The van der Waals surface area contributed by atoms with E-state index in [-0.39, 0.29) is 10.8 Å². The summed E-state index contributed by atoms with van der Waals surface area (Å²) in [6.07, 6.45) is -3.50. The van der Waals surface area contributed by atoms with E-state index in [1.54, 1.807) is 0 Å². The highest BCUT2D eigenvalue weighted by atomic mass is 35.5. The molecule has 0 radical (unpaired) electrons. The largest absolute Gasteiger partial charge is 0.419 e. The van der Waals surface area contributed by atoms with Crippen molar-refractivity contribution in [2.45, 2.75) is 6.18 Å². The van der Waals surface area contributed by atoms with Gasteiger partial charge in [-0.2, -0.15) is 13.2 Å². The van der Waals surface area contributed by atoms with Gasteiger partial charge in [0.15, 0.2) is 5.15 Å². The van der Waals surface area contributed by atoms with Crippen LogP contribution < -0.4 is 4.90 Å². The summed E-state index contributed by atoms with van der Waals surface area (Å²) in [6, 6.07) is 5.46. The first-order chi connectivity index (χ1) is 10.2. The van der Waals surface area contributed by atoms with Crippen molar-refractivity contribution in [3.63, 3.8) is 0 Å². The summed E-state index contributed by atoms with van der Waals surface area (Å²) in [7, 11) is 1.27. The van der Waals surface area contributed by atoms with E-state index in [1.807, 2.05) is 0 Å². The Labute approximate surface area is 128 Å². The Morgan fingerprint density at radius 1 is 1.23 bits per heavy atom. The number of nitrogens with zero attached hydrogens (tertiary/aromatic N) is 2. The molecule has 0 N–H and O–H groups in total. The number of aromatic nitrogens is 1. The number of anilines is 1. The zero-order valence-electron chi connectivity index (χ0n) is 11.2. The minimum absolute atomic E-state index is 0.0225. The first-order valence-corrected chi connectivity index (χ1v) is 6.35. The highest BCUT2D eigenvalue weighted by Crippen LogP contribution is 2.33. The Hall–Kier alpha value is -2.15. The molecule has 22 heavy (non-hydrogen) atoms. The van der Waals surface area contributed by atoms with Crippen LogP contribution in [0.4, 0.5) is 23.2 Å². The summed E-state index contributed by atoms with van der Waals surface area (Å²) in [5, 5.41) is -0.0225. The molecule has 2 rings (SSSR count). The molecular formula is C14H9ClF4N2O. The first kappa shape index (κ1) is 16.2. The second kappa shape index (κ2) is 5.92. The number of carbonyl (C=O) groups excluding carboxylic acids is 1. The van der Waals surface area contributed by atoms with Crippen LogP contribution in [0.5, 0.6) is 0 Å². The molecule has 0 aliphatic heterocycles. The Balaban J connectivity index is 2.45. The second-order valence-corrected chi connectivity index (χ2v) is 4.70. The van der Waals surface area contributed by atoms with E-state index < -0.39 is 29.0 Å². The number of hydrogen-bond acceptors (Lipinski definition) is 2. The SMILES string of the molecule is CN(C(=O)c1cccc(C(F)(F)F)c1F)c1cccnc1Cl. The van der Waals surface area contributed by atoms with Crippen molar-refractivity contribution in [2.24, 2.45) is 0 Å². The maximum Gasteiger partial charge on any atom is 0.419 e. The molecule has 3 nitrogen and oxygen atoms in total. The van der Waals surface area contributed by atoms with Crippen LogP contribution in [0.1, 0.15) is 15.9 Å². The van der Waals surface area contributed by atoms with Gasteiger partial charge in [-0.1, -0.05) is 17.7 Å². The minimum atomic E-state index is -4.88. The second-order valence-electron chi connectivity index (χ2n) is 4.34. The zero-order valence-corrected chi connectivity index (χ0v) is 11.9. The van der Waals surface area contributed by atoms with Gasteiger partial charge in [-0.3, -0.25) is 4.79 Å². The van der Waals surface area contributed by atoms with Crippen LogP contribution in [0.2, 0.25) is 5.15 Å². The van der Waals surface area contributed by atoms with Crippen LogP contribution >= 0.6 is 11.6 Å². The van der Waals surface area contributed by atoms with Gasteiger partial charge in [0.25, 0.3) is 5.91 Å². The smallest absolute Gasteiger partial charge is 0.308 e. The predicted molar refractivity (Wildman–Crippen MR) is 73.4 cm³/mol. The molecule has 0 unspecified atom stereocenters. The van der Waals surface area contributed by atoms with Gasteiger partial charge in [0.05, 0.1) is 16.8 Å². The summed E-state index contributed by atoms with van der Waals surface area (Å²) in [5.74, 6) is -2.58. The lowest BCUT2D eigenvalue weighted by Gasteiger charge is -2.19. The molecule has 1 heterocycles.